The van der Waals surface area contributed by atoms with Gasteiger partial charge in [-0.05, 0) is 38.5 Å². The van der Waals surface area contributed by atoms with Crippen LogP contribution in [0.25, 0.3) is 0 Å². The van der Waals surface area contributed by atoms with Crippen LogP contribution in [-0.2, 0) is 0 Å². The molecule has 1 aliphatic rings. The minimum absolute atomic E-state index is 0.0455. The Balaban J connectivity index is 2.03. The number of benzene rings is 1. The zero-order valence-corrected chi connectivity index (χ0v) is 12.4. The third-order valence-electron chi connectivity index (χ3n) is 3.30. The zero-order valence-electron chi connectivity index (χ0n) is 12.4. The molecule has 3 amide bonds. The summed E-state index contributed by atoms with van der Waals surface area (Å²) in [7, 11) is 0. The first-order valence-electron chi connectivity index (χ1n) is 7.18. The smallest absolute Gasteiger partial charge is 0.319 e. The molecule has 2 rings (SSSR count). The van der Waals surface area contributed by atoms with E-state index in [9.17, 15) is 9.59 Å². The molecule has 1 aromatic carbocycles. The van der Waals surface area contributed by atoms with Crippen LogP contribution in [0, 0.1) is 0 Å². The highest BCUT2D eigenvalue weighted by molar-refractivity contribution is 5.97. The standard InChI is InChI=1S/C15H22N4O2/c1-10(2)17-15(21)18-13-5-3-4-11(8-13)14(20)19-7-6-12(16)9-19/h3-5,8,10,12H,6-7,9,16H2,1-2H3,(H2,17,18,21)/t12-/m1/s1. The SMILES string of the molecule is CC(C)NC(=O)Nc1cccc(C(=O)N2CC[C@@H](N)C2)c1. The number of anilines is 1. The quantitative estimate of drug-likeness (QED) is 0.786. The van der Waals surface area contributed by atoms with Gasteiger partial charge >= 0.3 is 6.03 Å². The molecule has 0 aliphatic carbocycles. The lowest BCUT2D eigenvalue weighted by Gasteiger charge is -2.16. The molecule has 1 aliphatic heterocycles. The minimum atomic E-state index is -0.280. The van der Waals surface area contributed by atoms with Crippen LogP contribution in [0.1, 0.15) is 30.6 Å². The largest absolute Gasteiger partial charge is 0.337 e. The van der Waals surface area contributed by atoms with Crippen LogP contribution in [0.2, 0.25) is 0 Å². The summed E-state index contributed by atoms with van der Waals surface area (Å²) in [6, 6.07) is 6.79. The molecule has 6 heteroatoms. The van der Waals surface area contributed by atoms with E-state index in [0.717, 1.165) is 6.42 Å². The van der Waals surface area contributed by atoms with Crippen LogP contribution in [0.3, 0.4) is 0 Å². The monoisotopic (exact) mass is 290 g/mol. The number of likely N-dealkylation sites (tertiary alicyclic amines) is 1. The molecule has 1 saturated heterocycles. The van der Waals surface area contributed by atoms with Crippen molar-refractivity contribution < 1.29 is 9.59 Å². The second-order valence-corrected chi connectivity index (χ2v) is 5.63. The third kappa shape index (κ3) is 4.19. The van der Waals surface area contributed by atoms with Crippen molar-refractivity contribution in [2.45, 2.75) is 32.4 Å². The number of amides is 3. The maximum Gasteiger partial charge on any atom is 0.319 e. The van der Waals surface area contributed by atoms with Crippen molar-refractivity contribution in [1.29, 1.82) is 0 Å². The molecule has 0 bridgehead atoms. The molecule has 1 heterocycles. The molecule has 0 spiro atoms. The van der Waals surface area contributed by atoms with Crippen molar-refractivity contribution in [3.63, 3.8) is 0 Å². The molecular formula is C15H22N4O2. The normalized spacial score (nSPS) is 17.9. The van der Waals surface area contributed by atoms with Crippen LogP contribution in [-0.4, -0.2) is 42.0 Å². The van der Waals surface area contributed by atoms with E-state index in [0.29, 0.717) is 24.3 Å². The van der Waals surface area contributed by atoms with Gasteiger partial charge in [0.15, 0.2) is 0 Å². The van der Waals surface area contributed by atoms with Crippen molar-refractivity contribution >= 4 is 17.6 Å². The Morgan fingerprint density at radius 2 is 2.14 bits per heavy atom. The van der Waals surface area contributed by atoms with Gasteiger partial charge in [0, 0.05) is 36.4 Å². The van der Waals surface area contributed by atoms with Crippen molar-refractivity contribution in [2.75, 3.05) is 18.4 Å². The van der Waals surface area contributed by atoms with Crippen LogP contribution in [0.5, 0.6) is 0 Å². The summed E-state index contributed by atoms with van der Waals surface area (Å²) in [5, 5.41) is 5.46. The van der Waals surface area contributed by atoms with E-state index in [1.807, 2.05) is 13.8 Å². The molecule has 0 radical (unpaired) electrons. The Morgan fingerprint density at radius 1 is 1.38 bits per heavy atom. The number of rotatable bonds is 3. The molecule has 1 fully saturated rings. The molecule has 1 aromatic rings. The van der Waals surface area contributed by atoms with Gasteiger partial charge in [0.05, 0.1) is 0 Å². The average molecular weight is 290 g/mol. The summed E-state index contributed by atoms with van der Waals surface area (Å²) in [5.74, 6) is -0.0455. The minimum Gasteiger partial charge on any atom is -0.337 e. The van der Waals surface area contributed by atoms with E-state index in [1.165, 1.54) is 0 Å². The van der Waals surface area contributed by atoms with Crippen molar-refractivity contribution in [1.82, 2.24) is 10.2 Å². The van der Waals surface area contributed by atoms with Gasteiger partial charge in [0.2, 0.25) is 0 Å². The molecule has 4 N–H and O–H groups in total. The zero-order chi connectivity index (χ0) is 15.4. The van der Waals surface area contributed by atoms with Gasteiger partial charge in [0.1, 0.15) is 0 Å². The van der Waals surface area contributed by atoms with E-state index in [2.05, 4.69) is 10.6 Å². The maximum atomic E-state index is 12.4. The predicted octanol–water partition coefficient (Wildman–Crippen LogP) is 1.39. The van der Waals surface area contributed by atoms with Crippen LogP contribution < -0.4 is 16.4 Å². The maximum absolute atomic E-state index is 12.4. The first-order valence-corrected chi connectivity index (χ1v) is 7.18. The van der Waals surface area contributed by atoms with E-state index < -0.39 is 0 Å². The number of nitrogens with zero attached hydrogens (tertiary/aromatic N) is 1. The number of carbonyl (C=O) groups is 2. The van der Waals surface area contributed by atoms with Crippen LogP contribution in [0.15, 0.2) is 24.3 Å². The van der Waals surface area contributed by atoms with Crippen LogP contribution in [0.4, 0.5) is 10.5 Å². The fourth-order valence-electron chi connectivity index (χ4n) is 2.31. The van der Waals surface area contributed by atoms with E-state index >= 15 is 0 Å². The summed E-state index contributed by atoms with van der Waals surface area (Å²) in [5.41, 5.74) is 6.99. The van der Waals surface area contributed by atoms with Gasteiger partial charge in [-0.2, -0.15) is 0 Å². The second kappa shape index (κ2) is 6.58. The third-order valence-corrected chi connectivity index (χ3v) is 3.30. The summed E-state index contributed by atoms with van der Waals surface area (Å²) < 4.78 is 0. The Hall–Kier alpha value is -2.08. The highest BCUT2D eigenvalue weighted by Gasteiger charge is 2.24. The Morgan fingerprint density at radius 3 is 2.76 bits per heavy atom. The summed E-state index contributed by atoms with van der Waals surface area (Å²) in [6.07, 6.45) is 0.834. The highest BCUT2D eigenvalue weighted by Crippen LogP contribution is 2.16. The van der Waals surface area contributed by atoms with Crippen LogP contribution >= 0.6 is 0 Å². The summed E-state index contributed by atoms with van der Waals surface area (Å²) in [4.78, 5) is 25.8. The van der Waals surface area contributed by atoms with Gasteiger partial charge in [-0.3, -0.25) is 4.79 Å². The number of nitrogens with two attached hydrogens (primary N) is 1. The molecule has 1 atom stereocenters. The van der Waals surface area contributed by atoms with Gasteiger partial charge in [-0.1, -0.05) is 6.07 Å². The van der Waals surface area contributed by atoms with Gasteiger partial charge in [-0.25, -0.2) is 4.79 Å². The Bertz CT molecular complexity index is 530. The fraction of sp³-hybridized carbons (Fsp3) is 0.467. The molecule has 21 heavy (non-hydrogen) atoms. The summed E-state index contributed by atoms with van der Waals surface area (Å²) in [6.45, 7) is 5.04. The number of hydrogen-bond donors (Lipinski definition) is 3. The summed E-state index contributed by atoms with van der Waals surface area (Å²) >= 11 is 0. The predicted molar refractivity (Wildman–Crippen MR) is 82.2 cm³/mol. The van der Waals surface area contributed by atoms with Gasteiger partial charge in [-0.15, -0.1) is 0 Å². The van der Waals surface area contributed by atoms with Crippen molar-refractivity contribution in [2.24, 2.45) is 5.73 Å². The molecule has 0 aromatic heterocycles. The average Bonchev–Trinajstić information content (AvgIpc) is 2.84. The Kier molecular flexibility index (Phi) is 4.80. The van der Waals surface area contributed by atoms with Gasteiger partial charge in [0.25, 0.3) is 5.91 Å². The van der Waals surface area contributed by atoms with Crippen molar-refractivity contribution in [3.8, 4) is 0 Å². The number of nitrogens with one attached hydrogen (secondary N) is 2. The van der Waals surface area contributed by atoms with Crippen molar-refractivity contribution in [3.05, 3.63) is 29.8 Å². The molecular weight excluding hydrogens is 268 g/mol. The first-order chi connectivity index (χ1) is 9.95. The van der Waals surface area contributed by atoms with E-state index in [-0.39, 0.29) is 24.0 Å². The molecule has 0 saturated carbocycles. The lowest BCUT2D eigenvalue weighted by Crippen LogP contribution is -2.34. The topological polar surface area (TPSA) is 87.5 Å². The molecule has 0 unspecified atom stereocenters. The highest BCUT2D eigenvalue weighted by atomic mass is 16.2. The fourth-order valence-corrected chi connectivity index (χ4v) is 2.31. The van der Waals surface area contributed by atoms with E-state index in [1.54, 1.807) is 29.2 Å². The lowest BCUT2D eigenvalue weighted by molar-refractivity contribution is 0.0791. The molecule has 6 nitrogen and oxygen atoms in total. The first kappa shape index (κ1) is 15.3. The number of carbonyl (C=O) groups excluding carboxylic acids is 2. The number of hydrogen-bond acceptors (Lipinski definition) is 3. The van der Waals surface area contributed by atoms with Gasteiger partial charge < -0.3 is 21.3 Å². The molecule has 114 valence electrons. The van der Waals surface area contributed by atoms with E-state index in [4.69, 9.17) is 5.73 Å². The lowest BCUT2D eigenvalue weighted by atomic mass is 10.2. The second-order valence-electron chi connectivity index (χ2n) is 5.63. The Labute approximate surface area is 124 Å². The number of urea groups is 1.